The van der Waals surface area contributed by atoms with Crippen molar-refractivity contribution in [2.75, 3.05) is 11.5 Å². The average Bonchev–Trinajstić information content (AvgIpc) is 2.72. The fourth-order valence-electron chi connectivity index (χ4n) is 3.39. The maximum absolute atomic E-state index is 12.1. The van der Waals surface area contributed by atoms with E-state index in [2.05, 4.69) is 27.7 Å². The Morgan fingerprint density at radius 3 is 1.30 bits per heavy atom. The summed E-state index contributed by atoms with van der Waals surface area (Å²) >= 11 is 0. The molecule has 178 valence electrons. The summed E-state index contributed by atoms with van der Waals surface area (Å²) in [5.41, 5.74) is 0. The smallest absolute Gasteiger partial charge is 0.317 e. The lowest BCUT2D eigenvalue weighted by atomic mass is 10.1. The van der Waals surface area contributed by atoms with E-state index in [1.807, 2.05) is 0 Å². The van der Waals surface area contributed by atoms with E-state index in [0.29, 0.717) is 0 Å². The van der Waals surface area contributed by atoms with Gasteiger partial charge in [-0.3, -0.25) is 9.59 Å². The molecule has 0 aromatic heterocycles. The van der Waals surface area contributed by atoms with E-state index in [9.17, 15) is 9.59 Å². The maximum Gasteiger partial charge on any atom is 0.317 e. The third-order valence-electron chi connectivity index (χ3n) is 5.01. The van der Waals surface area contributed by atoms with Crippen molar-refractivity contribution in [1.29, 1.82) is 0 Å². The molecule has 4 nitrogen and oxygen atoms in total. The minimum atomic E-state index is -0.172. The quantitative estimate of drug-likeness (QED) is 0.0988. The van der Waals surface area contributed by atoms with Crippen LogP contribution < -0.4 is 0 Å². The van der Waals surface area contributed by atoms with Crippen LogP contribution in [-0.4, -0.2) is 35.7 Å². The summed E-state index contributed by atoms with van der Waals surface area (Å²) in [6.45, 7) is 8.65. The molecular weight excluding hydrogens is 416 g/mol. The molecule has 0 N–H and O–H groups in total. The Balaban J connectivity index is 4.01. The van der Waals surface area contributed by atoms with Gasteiger partial charge in [0.15, 0.2) is 0 Å². The molecule has 0 bridgehead atoms. The van der Waals surface area contributed by atoms with Crippen molar-refractivity contribution in [3.8, 4) is 0 Å². The number of esters is 2. The van der Waals surface area contributed by atoms with Crippen LogP contribution in [0.15, 0.2) is 0 Å². The molecule has 0 heterocycles. The average molecular weight is 463 g/mol. The van der Waals surface area contributed by atoms with Gasteiger partial charge in [0, 0.05) is 0 Å². The molecule has 0 fully saturated rings. The number of unbranched alkanes of at least 4 members (excludes halogenated alkanes) is 6. The standard InChI is InChI=1S/C24H46O4S2/c1-5-9-11-13-17-21(15-7-3)27-23(25)19-29-30-20-24(26)28-22(16-8-4)18-14-12-10-6-2/h21-22H,5-20H2,1-4H3. The Morgan fingerprint density at radius 2 is 0.967 bits per heavy atom. The first-order chi connectivity index (χ1) is 14.6. The van der Waals surface area contributed by atoms with Crippen molar-refractivity contribution in [1.82, 2.24) is 0 Å². The molecular formula is C24H46O4S2. The predicted molar refractivity (Wildman–Crippen MR) is 132 cm³/mol. The second-order valence-electron chi connectivity index (χ2n) is 8.02. The SMILES string of the molecule is CCCCCCC(CCC)OC(=O)CSSCC(=O)OC(CCC)CCCCCC. The number of ether oxygens (including phenoxy) is 2. The highest BCUT2D eigenvalue weighted by Crippen LogP contribution is 2.23. The zero-order chi connectivity index (χ0) is 22.5. The van der Waals surface area contributed by atoms with Crippen molar-refractivity contribution in [3.63, 3.8) is 0 Å². The number of carbonyl (C=O) groups excluding carboxylic acids is 2. The van der Waals surface area contributed by atoms with Crippen LogP contribution in [0.1, 0.15) is 118 Å². The van der Waals surface area contributed by atoms with Gasteiger partial charge < -0.3 is 9.47 Å². The Hall–Kier alpha value is -0.360. The van der Waals surface area contributed by atoms with Crippen LogP contribution in [0.5, 0.6) is 0 Å². The molecule has 0 radical (unpaired) electrons. The van der Waals surface area contributed by atoms with E-state index >= 15 is 0 Å². The van der Waals surface area contributed by atoms with Gasteiger partial charge in [0.2, 0.25) is 0 Å². The van der Waals surface area contributed by atoms with Gasteiger partial charge in [-0.15, -0.1) is 0 Å². The Bertz CT molecular complexity index is 380. The van der Waals surface area contributed by atoms with Crippen LogP contribution in [0.25, 0.3) is 0 Å². The molecule has 0 spiro atoms. The van der Waals surface area contributed by atoms with E-state index in [4.69, 9.17) is 9.47 Å². The van der Waals surface area contributed by atoms with Gasteiger partial charge in [0.05, 0.1) is 0 Å². The van der Waals surface area contributed by atoms with Crippen molar-refractivity contribution < 1.29 is 19.1 Å². The van der Waals surface area contributed by atoms with E-state index < -0.39 is 0 Å². The zero-order valence-corrected chi connectivity index (χ0v) is 21.6. The molecule has 2 unspecified atom stereocenters. The molecule has 0 rings (SSSR count). The second-order valence-corrected chi connectivity index (χ2v) is 10.5. The summed E-state index contributed by atoms with van der Waals surface area (Å²) in [5.74, 6) is 0.217. The molecule has 0 aromatic carbocycles. The molecule has 0 saturated carbocycles. The molecule has 0 aliphatic heterocycles. The summed E-state index contributed by atoms with van der Waals surface area (Å²) in [6, 6.07) is 0. The van der Waals surface area contributed by atoms with Crippen LogP contribution in [-0.2, 0) is 19.1 Å². The minimum Gasteiger partial charge on any atom is -0.462 e. The Kier molecular flexibility index (Phi) is 21.6. The highest BCUT2D eigenvalue weighted by Gasteiger charge is 2.16. The van der Waals surface area contributed by atoms with Gasteiger partial charge in [-0.1, -0.05) is 101 Å². The van der Waals surface area contributed by atoms with Gasteiger partial charge >= 0.3 is 11.9 Å². The summed E-state index contributed by atoms with van der Waals surface area (Å²) < 4.78 is 11.3. The van der Waals surface area contributed by atoms with Gasteiger partial charge in [-0.25, -0.2) is 0 Å². The van der Waals surface area contributed by atoms with Crippen molar-refractivity contribution in [2.45, 2.75) is 130 Å². The molecule has 2 atom stereocenters. The van der Waals surface area contributed by atoms with Crippen LogP contribution >= 0.6 is 21.6 Å². The molecule has 0 aliphatic rings. The zero-order valence-electron chi connectivity index (χ0n) is 19.9. The first-order valence-electron chi connectivity index (χ1n) is 12.2. The first kappa shape index (κ1) is 29.6. The minimum absolute atomic E-state index is 0.0393. The fourth-order valence-corrected chi connectivity index (χ4v) is 4.96. The molecule has 0 saturated heterocycles. The Morgan fingerprint density at radius 1 is 0.567 bits per heavy atom. The first-order valence-corrected chi connectivity index (χ1v) is 14.7. The van der Waals surface area contributed by atoms with Crippen molar-refractivity contribution in [3.05, 3.63) is 0 Å². The van der Waals surface area contributed by atoms with E-state index in [1.165, 1.54) is 60.1 Å². The summed E-state index contributed by atoms with van der Waals surface area (Å²) in [6.07, 6.45) is 15.5. The number of rotatable bonds is 21. The molecule has 0 aliphatic carbocycles. The third-order valence-corrected chi connectivity index (χ3v) is 7.09. The maximum atomic E-state index is 12.1. The van der Waals surface area contributed by atoms with Crippen LogP contribution in [0.2, 0.25) is 0 Å². The second kappa shape index (κ2) is 21.9. The van der Waals surface area contributed by atoms with Crippen LogP contribution in [0.3, 0.4) is 0 Å². The number of carbonyl (C=O) groups is 2. The largest absolute Gasteiger partial charge is 0.462 e. The molecule has 0 aromatic rings. The topological polar surface area (TPSA) is 52.6 Å². The highest BCUT2D eigenvalue weighted by molar-refractivity contribution is 8.77. The van der Waals surface area contributed by atoms with E-state index in [0.717, 1.165) is 51.4 Å². The lowest BCUT2D eigenvalue weighted by Gasteiger charge is -2.18. The van der Waals surface area contributed by atoms with E-state index in [-0.39, 0.29) is 35.7 Å². The number of hydrogen-bond acceptors (Lipinski definition) is 6. The lowest BCUT2D eigenvalue weighted by molar-refractivity contribution is -0.147. The summed E-state index contributed by atoms with van der Waals surface area (Å²) in [5, 5.41) is 0. The van der Waals surface area contributed by atoms with Crippen molar-refractivity contribution in [2.24, 2.45) is 0 Å². The Labute approximate surface area is 193 Å². The predicted octanol–water partition coefficient (Wildman–Crippen LogP) is 7.73. The van der Waals surface area contributed by atoms with Gasteiger partial charge in [0.1, 0.15) is 23.7 Å². The highest BCUT2D eigenvalue weighted by atomic mass is 33.1. The molecule has 6 heteroatoms. The summed E-state index contributed by atoms with van der Waals surface area (Å²) in [4.78, 5) is 24.2. The molecule has 30 heavy (non-hydrogen) atoms. The van der Waals surface area contributed by atoms with Gasteiger partial charge in [0.25, 0.3) is 0 Å². The molecule has 0 amide bonds. The fraction of sp³-hybridized carbons (Fsp3) is 0.917. The van der Waals surface area contributed by atoms with Gasteiger partial charge in [-0.2, -0.15) is 0 Å². The number of hydrogen-bond donors (Lipinski definition) is 0. The van der Waals surface area contributed by atoms with Crippen LogP contribution in [0, 0.1) is 0 Å². The van der Waals surface area contributed by atoms with E-state index in [1.54, 1.807) is 0 Å². The monoisotopic (exact) mass is 462 g/mol. The van der Waals surface area contributed by atoms with Gasteiger partial charge in [-0.05, 0) is 38.5 Å². The normalized spacial score (nSPS) is 13.1. The summed E-state index contributed by atoms with van der Waals surface area (Å²) in [7, 11) is 2.78. The van der Waals surface area contributed by atoms with Crippen LogP contribution in [0.4, 0.5) is 0 Å². The van der Waals surface area contributed by atoms with Crippen molar-refractivity contribution >= 4 is 33.5 Å². The third kappa shape index (κ3) is 18.4. The lowest BCUT2D eigenvalue weighted by Crippen LogP contribution is -2.20.